The van der Waals surface area contributed by atoms with Gasteiger partial charge in [0.05, 0.1) is 113 Å². The fourth-order valence-corrected chi connectivity index (χ4v) is 14.7. The molecule has 0 saturated heterocycles. The Labute approximate surface area is 791 Å². The fraction of sp³-hybridized carbons (Fsp3) is 0.135. The van der Waals surface area contributed by atoms with E-state index >= 15 is 0 Å². The van der Waals surface area contributed by atoms with Crippen molar-refractivity contribution in [2.45, 2.75) is 13.8 Å². The molecule has 0 spiro atoms. The van der Waals surface area contributed by atoms with Gasteiger partial charge in [-0.05, 0) is 181 Å². The van der Waals surface area contributed by atoms with Gasteiger partial charge < -0.3 is 89.6 Å². The zero-order chi connectivity index (χ0) is 98.7. The lowest BCUT2D eigenvalue weighted by atomic mass is 10.0. The van der Waals surface area contributed by atoms with Crippen molar-refractivity contribution < 1.29 is 57.1 Å². The Kier molecular flexibility index (Phi) is 30.7. The number of rotatable bonds is 28. The van der Waals surface area contributed by atoms with Gasteiger partial charge in [0.25, 0.3) is 22.2 Å². The molecule has 0 saturated carbocycles. The van der Waals surface area contributed by atoms with Crippen LogP contribution in [0.15, 0.2) is 289 Å². The molecular weight excluding hydrogens is 1760 g/mol. The topological polar surface area (TPSA) is 404 Å². The number of hydrogen-bond acceptors (Lipinski definition) is 26. The van der Waals surface area contributed by atoms with Gasteiger partial charge >= 0.3 is 0 Å². The van der Waals surface area contributed by atoms with Gasteiger partial charge in [-0.3, -0.25) is 47.5 Å². The van der Waals surface area contributed by atoms with E-state index in [9.17, 15) is 38.4 Å². The number of pyridine rings is 6. The molecule has 0 aliphatic carbocycles. The summed E-state index contributed by atoms with van der Waals surface area (Å²) >= 11 is 0. The molecule has 0 bridgehead atoms. The second-order valence-corrected chi connectivity index (χ2v) is 30.7. The number of anilines is 12. The summed E-state index contributed by atoms with van der Waals surface area (Å²) in [7, 11) is 19.2. The van der Waals surface area contributed by atoms with Crippen LogP contribution in [0.5, 0.6) is 46.0 Å². The van der Waals surface area contributed by atoms with Crippen molar-refractivity contribution in [3.8, 4) is 90.5 Å². The van der Waals surface area contributed by atoms with Crippen molar-refractivity contribution in [3.05, 3.63) is 322 Å². The van der Waals surface area contributed by atoms with Gasteiger partial charge in [-0.2, -0.15) is 9.97 Å². The molecule has 34 heteroatoms. The molecule has 8 heterocycles. The van der Waals surface area contributed by atoms with E-state index < -0.39 is 0 Å². The van der Waals surface area contributed by atoms with Gasteiger partial charge in [-0.15, -0.1) is 0 Å². The van der Waals surface area contributed by atoms with E-state index in [0.717, 1.165) is 21.9 Å². The van der Waals surface area contributed by atoms with Crippen LogP contribution in [0.4, 0.5) is 69.0 Å². The Morgan fingerprint density at radius 2 is 0.565 bits per heavy atom. The van der Waals surface area contributed by atoms with Crippen molar-refractivity contribution in [1.29, 1.82) is 0 Å². The molecule has 0 aliphatic heterocycles. The highest BCUT2D eigenvalue weighted by atomic mass is 16.5. The minimum Gasteiger partial charge on any atom is -0.497 e. The Morgan fingerprint density at radius 3 is 0.891 bits per heavy atom. The van der Waals surface area contributed by atoms with Crippen LogP contribution in [0.3, 0.4) is 0 Å². The van der Waals surface area contributed by atoms with Crippen molar-refractivity contribution >= 4 is 137 Å². The zero-order valence-electron chi connectivity index (χ0n) is 77.9. The summed E-state index contributed by atoms with van der Waals surface area (Å²) in [5.41, 5.74) is 12.9. The number of aromatic nitrogens is 10. The van der Waals surface area contributed by atoms with E-state index in [2.05, 4.69) is 98.8 Å². The largest absolute Gasteiger partial charge is 0.497 e. The van der Waals surface area contributed by atoms with Crippen molar-refractivity contribution in [1.82, 2.24) is 48.2 Å². The number of nitrogens with zero attached hydrogens (tertiary/aromatic N) is 10. The molecule has 34 nitrogen and oxygen atoms in total. The maximum atomic E-state index is 13.3. The maximum absolute atomic E-state index is 13.3. The van der Waals surface area contributed by atoms with Crippen molar-refractivity contribution in [3.63, 3.8) is 0 Å². The van der Waals surface area contributed by atoms with E-state index in [0.29, 0.717) is 181 Å². The predicted molar refractivity (Wildman–Crippen MR) is 541 cm³/mol. The van der Waals surface area contributed by atoms with Crippen LogP contribution in [0, 0.1) is 13.8 Å². The fourth-order valence-electron chi connectivity index (χ4n) is 14.7. The molecule has 0 fully saturated rings. The minimum absolute atomic E-state index is 0.167. The SMILES string of the molecule is C=CC(=O)Nc1cccc(C)c1Nc1cc2c(cn1)cc(-c1cc(OC)cc(OC)c1)c(=O)n2C.C=CC(=O)Nc1cccc(C)c1Nc1ncc2cc(-c3cc(OC)cc(OC)c3)c(=O)n(C)c2n1.C=CC(=O)Nc1ccccc1Nc1cc2c(cn1)cc(-c1cc(OC)cc(OC)c1)c(=O)n2C.C=CC(=O)Nc1ccccc1Nc1ncc2cc(-c3cc(OC)cc(OC)c3)c(=O)n(C)c2n1. The smallest absolute Gasteiger partial charge is 0.259 e. The number of nitrogens with one attached hydrogen (secondary N) is 8. The molecule has 0 atom stereocenters. The number of para-hydroxylation sites is 6. The van der Waals surface area contributed by atoms with Crippen molar-refractivity contribution in [2.24, 2.45) is 28.2 Å². The van der Waals surface area contributed by atoms with E-state index in [4.69, 9.17) is 37.9 Å². The summed E-state index contributed by atoms with van der Waals surface area (Å²) in [6, 6.07) is 57.5. The third-order valence-electron chi connectivity index (χ3n) is 21.9. The molecule has 4 amide bonds. The lowest BCUT2D eigenvalue weighted by Crippen LogP contribution is -2.20. The lowest BCUT2D eigenvalue weighted by molar-refractivity contribution is -0.112. The second-order valence-electron chi connectivity index (χ2n) is 30.7. The molecule has 8 aromatic heterocycles. The monoisotopic (exact) mass is 1850 g/mol. The maximum Gasteiger partial charge on any atom is 0.259 e. The van der Waals surface area contributed by atoms with Crippen LogP contribution in [0.2, 0.25) is 0 Å². The molecule has 8 aromatic carbocycles. The number of carbonyl (C=O) groups excluding carboxylic acids is 4. The molecule has 700 valence electrons. The molecule has 16 aromatic rings. The highest BCUT2D eigenvalue weighted by Gasteiger charge is 2.22. The summed E-state index contributed by atoms with van der Waals surface area (Å²) in [4.78, 5) is 127. The van der Waals surface area contributed by atoms with Gasteiger partial charge in [0, 0.05) is 133 Å². The number of carbonyl (C=O) groups is 4. The lowest BCUT2D eigenvalue weighted by Gasteiger charge is -2.16. The van der Waals surface area contributed by atoms with E-state index in [1.165, 1.54) is 33.4 Å². The average Bonchev–Trinajstić information content (AvgIpc) is 0.784. The molecule has 138 heavy (non-hydrogen) atoms. The number of amides is 4. The first-order valence-corrected chi connectivity index (χ1v) is 42.4. The van der Waals surface area contributed by atoms with Gasteiger partial charge in [0.1, 0.15) is 68.9 Å². The normalized spacial score (nSPS) is 10.6. The number of ether oxygens (including phenoxy) is 8. The van der Waals surface area contributed by atoms with Crippen molar-refractivity contribution in [2.75, 3.05) is 99.4 Å². The minimum atomic E-state index is -0.335. The number of benzene rings is 8. The number of hydrogen-bond donors (Lipinski definition) is 8. The van der Waals surface area contributed by atoms with E-state index in [1.807, 2.05) is 68.4 Å². The molecule has 0 aliphatic rings. The average molecular weight is 1860 g/mol. The predicted octanol–water partition coefficient (Wildman–Crippen LogP) is 17.4. The molecular formula is C104H98N18O16. The summed E-state index contributed by atoms with van der Waals surface area (Å²) in [6.07, 6.45) is 11.5. The summed E-state index contributed by atoms with van der Waals surface area (Å²) in [6.45, 7) is 17.8. The van der Waals surface area contributed by atoms with Crippen LogP contribution in [0.1, 0.15) is 11.1 Å². The Bertz CT molecular complexity index is 7200. The van der Waals surface area contributed by atoms with Crippen LogP contribution in [0.25, 0.3) is 88.4 Å². The Morgan fingerprint density at radius 1 is 0.297 bits per heavy atom. The Balaban J connectivity index is 0.000000155. The Hall–Kier alpha value is -18.5. The molecule has 8 N–H and O–H groups in total. The van der Waals surface area contributed by atoms with E-state index in [1.54, 1.807) is 259 Å². The van der Waals surface area contributed by atoms with Crippen LogP contribution in [-0.2, 0) is 47.4 Å². The second kappa shape index (κ2) is 43.7. The third-order valence-corrected chi connectivity index (χ3v) is 21.9. The quantitative estimate of drug-likeness (QED) is 0.0211. The number of methoxy groups -OCH3 is 8. The first kappa shape index (κ1) is 97.0. The van der Waals surface area contributed by atoms with Crippen LogP contribution in [-0.4, -0.2) is 129 Å². The van der Waals surface area contributed by atoms with E-state index in [-0.39, 0.29) is 57.8 Å². The third kappa shape index (κ3) is 22.3. The molecule has 16 rings (SSSR count). The van der Waals surface area contributed by atoms with Gasteiger partial charge in [-0.25, -0.2) is 19.9 Å². The number of aryl methyl sites for hydroxylation is 6. The molecule has 0 unspecified atom stereocenters. The summed E-state index contributed by atoms with van der Waals surface area (Å²) in [5.74, 6) is 5.02. The zero-order valence-corrected chi connectivity index (χ0v) is 77.9. The highest BCUT2D eigenvalue weighted by Crippen LogP contribution is 2.38. The van der Waals surface area contributed by atoms with Crippen LogP contribution < -0.4 is 103 Å². The first-order chi connectivity index (χ1) is 66.5. The van der Waals surface area contributed by atoms with Gasteiger partial charge in [0.2, 0.25) is 35.5 Å². The highest BCUT2D eigenvalue weighted by molar-refractivity contribution is 6.05. The van der Waals surface area contributed by atoms with Crippen LogP contribution >= 0.6 is 0 Å². The standard InChI is InChI=1S/C27H26N4O4.C26H25N5O4.C26H24N4O4.C25H23N5O4/c1-6-25(32)29-22-9-7-8-16(2)26(22)30-24-14-23-18(15-28-24)12-21(27(33)31(23)3)17-10-19(34-4)13-20(11-17)35-5;1-6-22(32)28-21-9-7-8-15(2)23(21)29-26-27-14-17-12-20(25(33)31(3)24(17)30-26)16-10-18(34-4)13-19(11-16)35-5;1-5-25(31)29-22-9-7-6-8-21(22)28-24-14-23-17(15-27-24)12-20(26(32)30(23)2)16-10-18(33-3)13-19(11-16)34-4;1-5-22(31)27-20-8-6-7-9-21(20)28-25-26-14-16-12-19(24(32)30(2)23(16)29-25)15-10-17(33-3)13-18(11-15)34-4/h6-15H,1H2,2-5H3,(H,28,30)(H,29,32);6-14H,1H2,2-5H3,(H,28,32)(H,27,29,30);5-15H,1H2,2-4H3,(H,27,28)(H,29,31);5-14H,1H2,2-4H3,(H,27,31)(H,26,28,29). The van der Waals surface area contributed by atoms with Gasteiger partial charge in [0.15, 0.2) is 0 Å². The summed E-state index contributed by atoms with van der Waals surface area (Å²) < 4.78 is 48.9. The first-order valence-electron chi connectivity index (χ1n) is 42.4. The van der Waals surface area contributed by atoms with Gasteiger partial charge in [-0.1, -0.05) is 74.8 Å². The number of fused-ring (bicyclic) bond motifs is 4. The molecule has 0 radical (unpaired) electrons. The summed E-state index contributed by atoms with van der Waals surface area (Å²) in [5, 5.41) is 26.8.